The van der Waals surface area contributed by atoms with Crippen molar-refractivity contribution in [1.29, 1.82) is 5.26 Å². The summed E-state index contributed by atoms with van der Waals surface area (Å²) in [6.45, 7) is 0. The summed E-state index contributed by atoms with van der Waals surface area (Å²) < 4.78 is 50.2. The van der Waals surface area contributed by atoms with Crippen LogP contribution in [0.15, 0.2) is 48.0 Å². The van der Waals surface area contributed by atoms with E-state index in [4.69, 9.17) is 21.1 Å². The number of hydrogen-bond donors (Lipinski definition) is 1. The number of hydrogen-bond acceptors (Lipinski definition) is 6. The standard InChI is InChI=1S/C21H15ClF3N3O2S/c1-29-18-6-3-12(7-19(18)30-2)17-11-31-20(28-17)13(9-26)10-27-16-5-4-14(22)8-15(16)21(23,24)25/h3-8,10-11,27H,1-2H3/b13-10+. The Balaban J connectivity index is 1.90. The fourth-order valence-corrected chi connectivity index (χ4v) is 3.66. The number of ether oxygens (including phenoxy) is 2. The summed E-state index contributed by atoms with van der Waals surface area (Å²) in [5.41, 5.74) is 0.256. The van der Waals surface area contributed by atoms with Crippen LogP contribution >= 0.6 is 22.9 Å². The van der Waals surface area contributed by atoms with Gasteiger partial charge in [0.05, 0.1) is 31.2 Å². The number of halogens is 4. The van der Waals surface area contributed by atoms with Crippen molar-refractivity contribution in [1.82, 2.24) is 4.98 Å². The Kier molecular flexibility index (Phi) is 6.73. The third-order valence-electron chi connectivity index (χ3n) is 4.19. The van der Waals surface area contributed by atoms with E-state index in [0.717, 1.165) is 11.6 Å². The summed E-state index contributed by atoms with van der Waals surface area (Å²) in [6.07, 6.45) is -3.41. The Morgan fingerprint density at radius 1 is 1.16 bits per heavy atom. The van der Waals surface area contributed by atoms with Gasteiger partial charge in [-0.1, -0.05) is 11.6 Å². The first kappa shape index (κ1) is 22.5. The normalized spacial score (nSPS) is 11.7. The van der Waals surface area contributed by atoms with Gasteiger partial charge < -0.3 is 14.8 Å². The molecule has 1 heterocycles. The van der Waals surface area contributed by atoms with Gasteiger partial charge in [-0.25, -0.2) is 4.98 Å². The Morgan fingerprint density at radius 3 is 2.55 bits per heavy atom. The smallest absolute Gasteiger partial charge is 0.418 e. The van der Waals surface area contributed by atoms with Crippen molar-refractivity contribution in [2.24, 2.45) is 0 Å². The number of nitriles is 1. The highest BCUT2D eigenvalue weighted by Gasteiger charge is 2.33. The monoisotopic (exact) mass is 465 g/mol. The minimum Gasteiger partial charge on any atom is -0.493 e. The molecule has 5 nitrogen and oxygen atoms in total. The number of rotatable bonds is 6. The van der Waals surface area contributed by atoms with Crippen molar-refractivity contribution in [3.05, 3.63) is 63.6 Å². The molecule has 1 aromatic heterocycles. The second-order valence-electron chi connectivity index (χ2n) is 6.11. The van der Waals surface area contributed by atoms with Gasteiger partial charge >= 0.3 is 6.18 Å². The van der Waals surface area contributed by atoms with Crippen LogP contribution in [0.4, 0.5) is 18.9 Å². The zero-order valence-corrected chi connectivity index (χ0v) is 17.8. The Bertz CT molecular complexity index is 1170. The van der Waals surface area contributed by atoms with E-state index in [-0.39, 0.29) is 16.3 Å². The van der Waals surface area contributed by atoms with Crippen molar-refractivity contribution in [2.45, 2.75) is 6.18 Å². The molecule has 0 aliphatic carbocycles. The molecule has 0 saturated carbocycles. The predicted molar refractivity (Wildman–Crippen MR) is 114 cm³/mol. The average Bonchev–Trinajstić information content (AvgIpc) is 3.24. The average molecular weight is 466 g/mol. The molecule has 0 spiro atoms. The maximum atomic E-state index is 13.3. The van der Waals surface area contributed by atoms with Crippen LogP contribution in [0.25, 0.3) is 16.8 Å². The van der Waals surface area contributed by atoms with Crippen molar-refractivity contribution in [2.75, 3.05) is 19.5 Å². The molecule has 0 unspecified atom stereocenters. The number of nitrogens with one attached hydrogen (secondary N) is 1. The largest absolute Gasteiger partial charge is 0.493 e. The van der Waals surface area contributed by atoms with E-state index >= 15 is 0 Å². The van der Waals surface area contributed by atoms with Crippen molar-refractivity contribution >= 4 is 34.2 Å². The zero-order chi connectivity index (χ0) is 22.6. The lowest BCUT2D eigenvalue weighted by Gasteiger charge is -2.13. The van der Waals surface area contributed by atoms with Gasteiger partial charge in [-0.2, -0.15) is 18.4 Å². The molecule has 1 N–H and O–H groups in total. The minimum absolute atomic E-state index is 0.0400. The fraction of sp³-hybridized carbons (Fsp3) is 0.143. The summed E-state index contributed by atoms with van der Waals surface area (Å²) in [6, 6.07) is 10.6. The molecule has 3 rings (SSSR count). The topological polar surface area (TPSA) is 67.2 Å². The maximum absolute atomic E-state index is 13.3. The molecule has 0 amide bonds. The van der Waals surface area contributed by atoms with E-state index in [1.165, 1.54) is 43.9 Å². The predicted octanol–water partition coefficient (Wildman–Crippen LogP) is 6.48. The third kappa shape index (κ3) is 5.10. The van der Waals surface area contributed by atoms with Gasteiger partial charge in [0.15, 0.2) is 11.5 Å². The van der Waals surface area contributed by atoms with E-state index in [0.29, 0.717) is 22.2 Å². The lowest BCUT2D eigenvalue weighted by atomic mass is 10.1. The second-order valence-corrected chi connectivity index (χ2v) is 7.40. The molecule has 2 aromatic carbocycles. The van der Waals surface area contributed by atoms with Crippen molar-refractivity contribution in [3.63, 3.8) is 0 Å². The summed E-state index contributed by atoms with van der Waals surface area (Å²) in [5.74, 6) is 1.08. The quantitative estimate of drug-likeness (QED) is 0.422. The number of benzene rings is 2. The SMILES string of the molecule is COc1ccc(-c2csc(/C(C#N)=C/Nc3ccc(Cl)cc3C(F)(F)F)n2)cc1OC. The van der Waals surface area contributed by atoms with Gasteiger partial charge in [0.2, 0.25) is 0 Å². The highest BCUT2D eigenvalue weighted by molar-refractivity contribution is 7.11. The van der Waals surface area contributed by atoms with E-state index < -0.39 is 11.7 Å². The van der Waals surface area contributed by atoms with Crippen molar-refractivity contribution < 1.29 is 22.6 Å². The van der Waals surface area contributed by atoms with Crippen LogP contribution in [-0.2, 0) is 6.18 Å². The summed E-state index contributed by atoms with van der Waals surface area (Å²) >= 11 is 6.88. The van der Waals surface area contributed by atoms with Crippen molar-refractivity contribution in [3.8, 4) is 28.8 Å². The highest BCUT2D eigenvalue weighted by atomic mass is 35.5. The minimum atomic E-state index is -4.60. The van der Waals surface area contributed by atoms with Gasteiger partial charge in [0, 0.05) is 22.2 Å². The molecule has 0 aliphatic rings. The van der Waals surface area contributed by atoms with Gasteiger partial charge in [0.25, 0.3) is 0 Å². The van der Waals surface area contributed by atoms with E-state index in [9.17, 15) is 18.4 Å². The van der Waals surface area contributed by atoms with Crippen LogP contribution in [-0.4, -0.2) is 19.2 Å². The van der Waals surface area contributed by atoms with E-state index in [2.05, 4.69) is 10.3 Å². The lowest BCUT2D eigenvalue weighted by Crippen LogP contribution is -2.08. The summed E-state index contributed by atoms with van der Waals surface area (Å²) in [5, 5.41) is 14.1. The van der Waals surface area contributed by atoms with Crippen LogP contribution in [0.2, 0.25) is 5.02 Å². The van der Waals surface area contributed by atoms with Gasteiger partial charge in [-0.05, 0) is 36.4 Å². The van der Waals surface area contributed by atoms with Crippen LogP contribution in [0.1, 0.15) is 10.6 Å². The summed E-state index contributed by atoms with van der Waals surface area (Å²) in [7, 11) is 3.04. The molecule has 0 bridgehead atoms. The fourth-order valence-electron chi connectivity index (χ4n) is 2.69. The molecule has 160 valence electrons. The van der Waals surface area contributed by atoms with Crippen LogP contribution in [0, 0.1) is 11.3 Å². The van der Waals surface area contributed by atoms with Crippen LogP contribution in [0.5, 0.6) is 11.5 Å². The summed E-state index contributed by atoms with van der Waals surface area (Å²) in [4.78, 5) is 4.43. The maximum Gasteiger partial charge on any atom is 0.418 e. The van der Waals surface area contributed by atoms with Crippen LogP contribution < -0.4 is 14.8 Å². The molecule has 10 heteroatoms. The molecule has 0 saturated heterocycles. The molecule has 31 heavy (non-hydrogen) atoms. The second kappa shape index (κ2) is 9.29. The number of allylic oxidation sites excluding steroid dienone is 1. The number of alkyl halides is 3. The lowest BCUT2D eigenvalue weighted by molar-refractivity contribution is -0.136. The molecule has 0 atom stereocenters. The Morgan fingerprint density at radius 2 is 1.90 bits per heavy atom. The van der Waals surface area contributed by atoms with Gasteiger partial charge in [-0.15, -0.1) is 11.3 Å². The first-order valence-electron chi connectivity index (χ1n) is 8.68. The van der Waals surface area contributed by atoms with E-state index in [1.807, 2.05) is 6.07 Å². The first-order valence-corrected chi connectivity index (χ1v) is 9.94. The number of anilines is 1. The first-order chi connectivity index (χ1) is 14.8. The third-order valence-corrected chi connectivity index (χ3v) is 5.30. The Hall–Kier alpha value is -3.22. The number of nitrogens with zero attached hydrogens (tertiary/aromatic N) is 2. The van der Waals surface area contributed by atoms with Gasteiger partial charge in [-0.3, -0.25) is 0 Å². The van der Waals surface area contributed by atoms with Gasteiger partial charge in [0.1, 0.15) is 16.6 Å². The number of aromatic nitrogens is 1. The molecule has 3 aromatic rings. The number of methoxy groups -OCH3 is 2. The molecule has 0 fully saturated rings. The Labute approximate surface area is 185 Å². The molecule has 0 radical (unpaired) electrons. The zero-order valence-electron chi connectivity index (χ0n) is 16.2. The van der Waals surface area contributed by atoms with E-state index in [1.54, 1.807) is 23.6 Å². The molecule has 0 aliphatic heterocycles. The number of thiazole rings is 1. The molecular formula is C21H15ClF3N3O2S. The van der Waals surface area contributed by atoms with Crippen LogP contribution in [0.3, 0.4) is 0 Å². The highest BCUT2D eigenvalue weighted by Crippen LogP contribution is 2.37. The molecular weight excluding hydrogens is 451 g/mol.